The first-order chi connectivity index (χ1) is 41.1. The van der Waals surface area contributed by atoms with E-state index < -0.39 is 0 Å². The molecule has 12 rings (SSSR count). The van der Waals surface area contributed by atoms with Crippen molar-refractivity contribution in [3.8, 4) is 50.2 Å². The van der Waals surface area contributed by atoms with Gasteiger partial charge in [-0.3, -0.25) is 0 Å². The molecule has 0 saturated heterocycles. The molecule has 0 atom stereocenters. The largest absolute Gasteiger partial charge is 0.314 e. The number of hydrogen-bond acceptors (Lipinski definition) is 1. The van der Waals surface area contributed by atoms with Gasteiger partial charge in [-0.25, -0.2) is 0 Å². The van der Waals surface area contributed by atoms with Gasteiger partial charge in [-0.15, -0.1) is 0 Å². The van der Waals surface area contributed by atoms with Crippen LogP contribution in [0, 0.1) is 0 Å². The predicted octanol–water partition coefficient (Wildman–Crippen LogP) is 23.8. The molecule has 85 heavy (non-hydrogen) atoms. The minimum atomic E-state index is -0.104. The quantitative estimate of drug-likeness (QED) is 0.0778. The molecule has 0 aliphatic heterocycles. The molecule has 0 N–H and O–H groups in total. The second kappa shape index (κ2) is 23.8. The fraction of sp³-hybridized carbons (Fsp3) is 0.301. The van der Waals surface area contributed by atoms with Crippen LogP contribution in [0.4, 0.5) is 11.4 Å². The first-order valence-corrected chi connectivity index (χ1v) is 32.2. The van der Waals surface area contributed by atoms with Crippen molar-refractivity contribution in [2.45, 2.75) is 163 Å². The molecule has 2 aliphatic carbocycles. The van der Waals surface area contributed by atoms with Gasteiger partial charge in [0, 0.05) is 38.9 Å². The number of fused-ring (bicyclic) bond motifs is 6. The van der Waals surface area contributed by atoms with E-state index in [9.17, 15) is 0 Å². The summed E-state index contributed by atoms with van der Waals surface area (Å²) >= 11 is 0. The zero-order valence-electron chi connectivity index (χ0n) is 52.5. The summed E-state index contributed by atoms with van der Waals surface area (Å²) in [6.45, 7) is 23.8. The highest BCUT2D eigenvalue weighted by atomic mass is 15.1. The van der Waals surface area contributed by atoms with E-state index in [0.29, 0.717) is 0 Å². The third kappa shape index (κ3) is 11.5. The van der Waals surface area contributed by atoms with Crippen LogP contribution < -0.4 is 4.90 Å². The lowest BCUT2D eigenvalue weighted by Crippen LogP contribution is -2.20. The maximum absolute atomic E-state index is 2.64. The molecule has 0 bridgehead atoms. The Hall–Kier alpha value is -7.94. The smallest absolute Gasteiger partial charge is 0.0541 e. The van der Waals surface area contributed by atoms with Crippen molar-refractivity contribution in [2.75, 3.05) is 4.90 Å². The lowest BCUT2D eigenvalue weighted by atomic mass is 9.78. The average Bonchev–Trinajstić information content (AvgIpc) is 1.96. The Morgan fingerprint density at radius 2 is 1.00 bits per heavy atom. The zero-order chi connectivity index (χ0) is 59.0. The van der Waals surface area contributed by atoms with Crippen molar-refractivity contribution in [3.05, 3.63) is 251 Å². The molecule has 0 amide bonds. The monoisotopic (exact) mass is 1110 g/mol. The highest BCUT2D eigenvalue weighted by Gasteiger charge is 2.36. The maximum Gasteiger partial charge on any atom is 0.0541 e. The van der Waals surface area contributed by atoms with Gasteiger partial charge in [0.1, 0.15) is 0 Å². The summed E-state index contributed by atoms with van der Waals surface area (Å²) in [6.07, 6.45) is 18.9. The standard InChI is InChI=1S/C83H88N2/c1-11-13-15-19-31-63-54-77(82(6,7)8)64(32-20-16-14-12-2)53-73(63)65-49-66(81(3,4)5)55-70(50-65)85-79-47-39-61(58-29-23-18-24-30-58)51-74(79)75-52-62(40-48-80(75)85)60-37-43-68(44-38-60)84(67-41-35-59(36-42-67)57-27-21-17-22-28-57)69-45-46-72-71-33-25-26-34-76(71)83(9,10)78(72)56-69/h17-18,21-30,33-35,37-41,43-56H,11-16,19-20,31-32,36,42H2,1-10H3. The van der Waals surface area contributed by atoms with Gasteiger partial charge in [0.05, 0.1) is 11.0 Å². The van der Waals surface area contributed by atoms with Gasteiger partial charge in [-0.2, -0.15) is 0 Å². The van der Waals surface area contributed by atoms with Crippen molar-refractivity contribution in [1.29, 1.82) is 0 Å². The number of allylic oxidation sites excluding steroid dienone is 4. The van der Waals surface area contributed by atoms with Gasteiger partial charge in [-0.1, -0.05) is 247 Å². The minimum absolute atomic E-state index is 0.0600. The van der Waals surface area contributed by atoms with E-state index in [2.05, 4.69) is 285 Å². The summed E-state index contributed by atoms with van der Waals surface area (Å²) in [7, 11) is 0. The van der Waals surface area contributed by atoms with E-state index in [1.165, 1.54) is 185 Å². The third-order valence-electron chi connectivity index (χ3n) is 18.8. The number of aryl methyl sites for hydroxylation is 2. The molecule has 430 valence electrons. The summed E-state index contributed by atoms with van der Waals surface area (Å²) in [5, 5.41) is 2.52. The van der Waals surface area contributed by atoms with Crippen LogP contribution in [0.3, 0.4) is 0 Å². The van der Waals surface area contributed by atoms with Gasteiger partial charge in [0.15, 0.2) is 0 Å². The van der Waals surface area contributed by atoms with E-state index in [1.54, 1.807) is 0 Å². The molecule has 2 heteroatoms. The molecule has 9 aromatic carbocycles. The van der Waals surface area contributed by atoms with E-state index in [4.69, 9.17) is 0 Å². The molecule has 0 fully saturated rings. The van der Waals surface area contributed by atoms with Crippen LogP contribution in [-0.4, -0.2) is 4.57 Å². The Labute approximate surface area is 509 Å². The van der Waals surface area contributed by atoms with Crippen LogP contribution in [-0.2, 0) is 29.1 Å². The molecular formula is C83H88N2. The lowest BCUT2D eigenvalue weighted by molar-refractivity contribution is 0.574. The van der Waals surface area contributed by atoms with Crippen molar-refractivity contribution in [3.63, 3.8) is 0 Å². The number of unbranched alkanes of at least 4 members (excludes halogenated alkanes) is 6. The molecule has 0 spiro atoms. The Morgan fingerprint density at radius 3 is 1.61 bits per heavy atom. The first-order valence-electron chi connectivity index (χ1n) is 32.2. The average molecular weight is 1110 g/mol. The van der Waals surface area contributed by atoms with Gasteiger partial charge in [0.2, 0.25) is 0 Å². The maximum atomic E-state index is 2.64. The summed E-state index contributed by atoms with van der Waals surface area (Å²) in [4.78, 5) is 2.52. The van der Waals surface area contributed by atoms with E-state index in [1.807, 2.05) is 0 Å². The van der Waals surface area contributed by atoms with Crippen molar-refractivity contribution >= 4 is 38.8 Å². The number of aromatic nitrogens is 1. The number of nitrogens with zero attached hydrogens (tertiary/aromatic N) is 2. The second-order valence-corrected chi connectivity index (χ2v) is 27.2. The number of hydrogen-bond donors (Lipinski definition) is 0. The fourth-order valence-electron chi connectivity index (χ4n) is 14.0. The topological polar surface area (TPSA) is 8.17 Å². The molecule has 2 aliphatic rings. The van der Waals surface area contributed by atoms with E-state index >= 15 is 0 Å². The van der Waals surface area contributed by atoms with Crippen LogP contribution in [0.2, 0.25) is 0 Å². The summed E-state index contributed by atoms with van der Waals surface area (Å²) in [5.41, 5.74) is 28.9. The highest BCUT2D eigenvalue weighted by Crippen LogP contribution is 2.51. The fourth-order valence-corrected chi connectivity index (χ4v) is 14.0. The number of anilines is 2. The first kappa shape index (κ1) is 57.5. The predicted molar refractivity (Wildman–Crippen MR) is 368 cm³/mol. The van der Waals surface area contributed by atoms with Crippen molar-refractivity contribution < 1.29 is 0 Å². The van der Waals surface area contributed by atoms with Gasteiger partial charge >= 0.3 is 0 Å². The normalized spacial score (nSPS) is 13.9. The van der Waals surface area contributed by atoms with Crippen LogP contribution in [0.1, 0.15) is 172 Å². The van der Waals surface area contributed by atoms with E-state index in [0.717, 1.165) is 25.7 Å². The molecule has 2 nitrogen and oxygen atoms in total. The van der Waals surface area contributed by atoms with Crippen LogP contribution in [0.15, 0.2) is 212 Å². The molecule has 0 unspecified atom stereocenters. The summed E-state index contributed by atoms with van der Waals surface area (Å²) < 4.78 is 2.57. The summed E-state index contributed by atoms with van der Waals surface area (Å²) in [5.74, 6) is 0. The Kier molecular flexibility index (Phi) is 16.1. The van der Waals surface area contributed by atoms with Crippen molar-refractivity contribution in [1.82, 2.24) is 4.57 Å². The van der Waals surface area contributed by atoms with Gasteiger partial charge in [0.25, 0.3) is 0 Å². The Balaban J connectivity index is 0.988. The second-order valence-electron chi connectivity index (χ2n) is 27.2. The number of benzene rings is 9. The Morgan fingerprint density at radius 1 is 0.424 bits per heavy atom. The molecule has 10 aromatic rings. The third-order valence-corrected chi connectivity index (χ3v) is 18.8. The van der Waals surface area contributed by atoms with Crippen LogP contribution in [0.5, 0.6) is 0 Å². The molecule has 0 radical (unpaired) electrons. The van der Waals surface area contributed by atoms with Crippen LogP contribution >= 0.6 is 0 Å². The minimum Gasteiger partial charge on any atom is -0.314 e. The lowest BCUT2D eigenvalue weighted by Gasteiger charge is -2.31. The van der Waals surface area contributed by atoms with Gasteiger partial charge in [-0.05, 0) is 205 Å². The van der Waals surface area contributed by atoms with Crippen molar-refractivity contribution in [2.24, 2.45) is 0 Å². The molecule has 1 aromatic heterocycles. The highest BCUT2D eigenvalue weighted by molar-refractivity contribution is 6.12. The number of rotatable bonds is 18. The molecule has 1 heterocycles. The zero-order valence-corrected chi connectivity index (χ0v) is 52.5. The van der Waals surface area contributed by atoms with E-state index in [-0.39, 0.29) is 16.2 Å². The Bertz CT molecular complexity index is 4110. The summed E-state index contributed by atoms with van der Waals surface area (Å²) in [6, 6.07) is 74.5. The molecule has 0 saturated carbocycles. The van der Waals surface area contributed by atoms with Gasteiger partial charge < -0.3 is 9.47 Å². The SMILES string of the molecule is CCCCCCc1cc(C(C)(C)C)c(CCCCCC)cc1-c1cc(-n2c3ccc(-c4ccccc4)cc3c3cc(-c4ccc(N(C5=CC=C(c6ccccc6)CC5)c5ccc6c(c5)C(C)(C)c5ccccc5-6)cc4)ccc32)cc(C(C)(C)C)c1. The van der Waals surface area contributed by atoms with Crippen LogP contribution in [0.25, 0.3) is 77.6 Å². The molecular weight excluding hydrogens is 1020 g/mol.